The minimum absolute atomic E-state index is 0.0272. The number of aromatic nitrogens is 1. The van der Waals surface area contributed by atoms with Gasteiger partial charge in [0.25, 0.3) is 0 Å². The van der Waals surface area contributed by atoms with Crippen LogP contribution in [0.2, 0.25) is 0 Å². The highest BCUT2D eigenvalue weighted by molar-refractivity contribution is 7.14. The molecule has 3 rings (SSSR count). The molecule has 0 bridgehead atoms. The van der Waals surface area contributed by atoms with Gasteiger partial charge in [-0.2, -0.15) is 0 Å². The van der Waals surface area contributed by atoms with Crippen LogP contribution in [-0.4, -0.2) is 29.2 Å². The van der Waals surface area contributed by atoms with E-state index in [4.69, 9.17) is 14.6 Å². The van der Waals surface area contributed by atoms with Crippen LogP contribution in [0.5, 0.6) is 17.2 Å². The van der Waals surface area contributed by atoms with Crippen molar-refractivity contribution in [2.45, 2.75) is 6.42 Å². The van der Waals surface area contributed by atoms with E-state index in [1.165, 1.54) is 36.8 Å². The molecule has 1 heterocycles. The number of thiazole rings is 1. The SMILES string of the molecule is COc1cccc(F)c1Oc1ccc(F)cc1NC(=O)Nc1nc(CC(=O)O)cs1. The van der Waals surface area contributed by atoms with Gasteiger partial charge in [-0.25, -0.2) is 18.6 Å². The third-order valence-electron chi connectivity index (χ3n) is 3.66. The number of ether oxygens (including phenoxy) is 2. The minimum atomic E-state index is -1.05. The van der Waals surface area contributed by atoms with Gasteiger partial charge < -0.3 is 19.9 Å². The largest absolute Gasteiger partial charge is 0.493 e. The van der Waals surface area contributed by atoms with Gasteiger partial charge in [-0.15, -0.1) is 11.3 Å². The van der Waals surface area contributed by atoms with Crippen molar-refractivity contribution in [2.24, 2.45) is 0 Å². The summed E-state index contributed by atoms with van der Waals surface area (Å²) in [5, 5.41) is 15.2. The molecule has 0 saturated carbocycles. The highest BCUT2D eigenvalue weighted by atomic mass is 32.1. The molecule has 0 atom stereocenters. The maximum absolute atomic E-state index is 14.1. The molecule has 0 aliphatic heterocycles. The molecule has 0 saturated heterocycles. The van der Waals surface area contributed by atoms with Gasteiger partial charge in [0, 0.05) is 11.4 Å². The Morgan fingerprint density at radius 3 is 2.70 bits per heavy atom. The van der Waals surface area contributed by atoms with Crippen LogP contribution in [0.25, 0.3) is 0 Å². The lowest BCUT2D eigenvalue weighted by Gasteiger charge is -2.15. The van der Waals surface area contributed by atoms with E-state index in [-0.39, 0.29) is 40.2 Å². The van der Waals surface area contributed by atoms with Crippen molar-refractivity contribution in [3.63, 3.8) is 0 Å². The fraction of sp³-hybridized carbons (Fsp3) is 0.105. The Kier molecular flexibility index (Phi) is 6.42. The molecule has 0 spiro atoms. The first-order valence-electron chi connectivity index (χ1n) is 8.40. The third kappa shape index (κ3) is 5.20. The number of hydrogen-bond donors (Lipinski definition) is 3. The molecule has 0 fully saturated rings. The van der Waals surface area contributed by atoms with Gasteiger partial charge in [-0.05, 0) is 24.3 Å². The summed E-state index contributed by atoms with van der Waals surface area (Å²) in [7, 11) is 1.34. The van der Waals surface area contributed by atoms with Crippen LogP contribution < -0.4 is 20.1 Å². The average molecular weight is 435 g/mol. The number of benzene rings is 2. The van der Waals surface area contributed by atoms with Crippen molar-refractivity contribution >= 4 is 34.2 Å². The number of nitrogens with zero attached hydrogens (tertiary/aromatic N) is 1. The van der Waals surface area contributed by atoms with Crippen molar-refractivity contribution in [3.8, 4) is 17.2 Å². The molecule has 30 heavy (non-hydrogen) atoms. The van der Waals surface area contributed by atoms with Gasteiger partial charge in [0.15, 0.2) is 22.4 Å². The summed E-state index contributed by atoms with van der Waals surface area (Å²) in [4.78, 5) is 26.9. The Bertz CT molecular complexity index is 1090. The molecule has 0 unspecified atom stereocenters. The van der Waals surface area contributed by atoms with E-state index in [1.807, 2.05) is 0 Å². The summed E-state index contributed by atoms with van der Waals surface area (Å²) >= 11 is 1.03. The number of urea groups is 1. The van der Waals surface area contributed by atoms with Gasteiger partial charge in [0.05, 0.1) is 24.9 Å². The van der Waals surface area contributed by atoms with E-state index in [2.05, 4.69) is 15.6 Å². The highest BCUT2D eigenvalue weighted by Gasteiger charge is 2.17. The number of carbonyl (C=O) groups excluding carboxylic acids is 1. The smallest absolute Gasteiger partial charge is 0.325 e. The molecule has 2 aromatic carbocycles. The van der Waals surface area contributed by atoms with Crippen molar-refractivity contribution in [1.82, 2.24) is 4.98 Å². The number of hydrogen-bond acceptors (Lipinski definition) is 6. The molecule has 0 aliphatic rings. The predicted molar refractivity (Wildman–Crippen MR) is 106 cm³/mol. The lowest BCUT2D eigenvalue weighted by atomic mass is 10.2. The summed E-state index contributed by atoms with van der Waals surface area (Å²) in [6.07, 6.45) is -0.286. The second kappa shape index (κ2) is 9.18. The second-order valence-electron chi connectivity index (χ2n) is 5.81. The summed E-state index contributed by atoms with van der Waals surface area (Å²) in [5.74, 6) is -2.56. The molecule has 2 amide bonds. The molecule has 11 heteroatoms. The monoisotopic (exact) mass is 435 g/mol. The fourth-order valence-corrected chi connectivity index (χ4v) is 3.10. The van der Waals surface area contributed by atoms with E-state index >= 15 is 0 Å². The Hall–Kier alpha value is -3.73. The molecule has 3 aromatic rings. The molecular weight excluding hydrogens is 420 g/mol. The van der Waals surface area contributed by atoms with Gasteiger partial charge in [-0.1, -0.05) is 6.07 Å². The number of nitrogens with one attached hydrogen (secondary N) is 2. The second-order valence-corrected chi connectivity index (χ2v) is 6.67. The number of carboxylic acid groups (broad SMARTS) is 1. The summed E-state index contributed by atoms with van der Waals surface area (Å²) in [6.45, 7) is 0. The maximum Gasteiger partial charge on any atom is 0.325 e. The van der Waals surface area contributed by atoms with Crippen LogP contribution >= 0.6 is 11.3 Å². The third-order valence-corrected chi connectivity index (χ3v) is 4.46. The number of para-hydroxylation sites is 1. The zero-order valence-electron chi connectivity index (χ0n) is 15.4. The molecule has 0 radical (unpaired) electrons. The Labute approximate surface area is 173 Å². The number of anilines is 2. The van der Waals surface area contributed by atoms with E-state index < -0.39 is 23.6 Å². The highest BCUT2D eigenvalue weighted by Crippen LogP contribution is 2.37. The van der Waals surface area contributed by atoms with Crippen LogP contribution in [-0.2, 0) is 11.2 Å². The number of carbonyl (C=O) groups is 2. The molecule has 3 N–H and O–H groups in total. The normalized spacial score (nSPS) is 10.4. The average Bonchev–Trinajstić information content (AvgIpc) is 3.10. The molecular formula is C19H15F2N3O5S. The molecule has 0 aliphatic carbocycles. The topological polar surface area (TPSA) is 110 Å². The Balaban J connectivity index is 1.78. The van der Waals surface area contributed by atoms with Crippen LogP contribution in [0, 0.1) is 11.6 Å². The number of rotatable bonds is 7. The zero-order chi connectivity index (χ0) is 21.7. The minimum Gasteiger partial charge on any atom is -0.493 e. The Morgan fingerprint density at radius 1 is 1.17 bits per heavy atom. The lowest BCUT2D eigenvalue weighted by molar-refractivity contribution is -0.136. The summed E-state index contributed by atoms with van der Waals surface area (Å²) in [5.41, 5.74) is 0.212. The van der Waals surface area contributed by atoms with Crippen molar-refractivity contribution in [3.05, 3.63) is 59.1 Å². The van der Waals surface area contributed by atoms with E-state index in [9.17, 15) is 18.4 Å². The van der Waals surface area contributed by atoms with Crippen LogP contribution in [0.3, 0.4) is 0 Å². The van der Waals surface area contributed by atoms with Crippen LogP contribution in [0.1, 0.15) is 5.69 Å². The number of carboxylic acids is 1. The van der Waals surface area contributed by atoms with E-state index in [0.717, 1.165) is 23.5 Å². The van der Waals surface area contributed by atoms with Crippen molar-refractivity contribution in [2.75, 3.05) is 17.7 Å². The predicted octanol–water partition coefficient (Wildman–Crippen LogP) is 4.49. The van der Waals surface area contributed by atoms with Crippen LogP contribution in [0.4, 0.5) is 24.4 Å². The zero-order valence-corrected chi connectivity index (χ0v) is 16.3. The van der Waals surface area contributed by atoms with Gasteiger partial charge in [-0.3, -0.25) is 10.1 Å². The Morgan fingerprint density at radius 2 is 1.97 bits per heavy atom. The summed E-state index contributed by atoms with van der Waals surface area (Å²) in [6, 6.07) is 6.63. The van der Waals surface area contributed by atoms with Gasteiger partial charge in [0.1, 0.15) is 5.82 Å². The molecule has 8 nitrogen and oxygen atoms in total. The quantitative estimate of drug-likeness (QED) is 0.504. The first-order valence-corrected chi connectivity index (χ1v) is 9.27. The number of amides is 2. The first-order chi connectivity index (χ1) is 14.4. The van der Waals surface area contributed by atoms with E-state index in [0.29, 0.717) is 0 Å². The number of aliphatic carboxylic acids is 1. The van der Waals surface area contributed by atoms with Gasteiger partial charge >= 0.3 is 12.0 Å². The van der Waals surface area contributed by atoms with Crippen LogP contribution in [0.15, 0.2) is 41.8 Å². The van der Waals surface area contributed by atoms with Crippen molar-refractivity contribution < 1.29 is 33.0 Å². The van der Waals surface area contributed by atoms with E-state index in [1.54, 1.807) is 0 Å². The molecule has 1 aromatic heterocycles. The molecule has 156 valence electrons. The van der Waals surface area contributed by atoms with Gasteiger partial charge in [0.2, 0.25) is 5.75 Å². The maximum atomic E-state index is 14.1. The number of halogens is 2. The first kappa shape index (κ1) is 21.0. The van der Waals surface area contributed by atoms with Crippen molar-refractivity contribution in [1.29, 1.82) is 0 Å². The lowest BCUT2D eigenvalue weighted by Crippen LogP contribution is -2.20. The standard InChI is InChI=1S/C19H15F2N3O5S/c1-28-15-4-2-3-12(21)17(15)29-14-6-5-10(20)7-13(14)23-18(27)24-19-22-11(9-30-19)8-16(25)26/h2-7,9H,8H2,1H3,(H,25,26)(H2,22,23,24,27). The fourth-order valence-electron chi connectivity index (χ4n) is 2.40. The number of methoxy groups -OCH3 is 1. The summed E-state index contributed by atoms with van der Waals surface area (Å²) < 4.78 is 38.5.